The number of nitrogens with two attached hydrogens (primary N) is 1. The number of sulfonamides is 1. The lowest BCUT2D eigenvalue weighted by Crippen LogP contribution is -2.24. The fraction of sp³-hybridized carbons (Fsp3) is 0.111. The molecule has 2 aromatic carbocycles. The van der Waals surface area contributed by atoms with Crippen LogP contribution < -0.4 is 15.2 Å². The third-order valence-corrected chi connectivity index (χ3v) is 4.62. The molecule has 1 aliphatic heterocycles. The van der Waals surface area contributed by atoms with Crippen molar-refractivity contribution in [2.24, 2.45) is 5.14 Å². The van der Waals surface area contributed by atoms with Crippen molar-refractivity contribution in [3.63, 3.8) is 0 Å². The molecule has 1 heterocycles. The van der Waals surface area contributed by atoms with E-state index in [-0.39, 0.29) is 11.5 Å². The molecule has 1 aliphatic rings. The van der Waals surface area contributed by atoms with E-state index in [1.807, 2.05) is 12.1 Å². The van der Waals surface area contributed by atoms with Gasteiger partial charge < -0.3 is 14.8 Å². The van der Waals surface area contributed by atoms with E-state index < -0.39 is 28.5 Å². The van der Waals surface area contributed by atoms with E-state index in [4.69, 9.17) is 14.6 Å². The highest BCUT2D eigenvalue weighted by Gasteiger charge is 2.19. The van der Waals surface area contributed by atoms with Crippen LogP contribution in [0.2, 0.25) is 0 Å². The lowest BCUT2D eigenvalue weighted by atomic mass is 10.1. The van der Waals surface area contributed by atoms with Gasteiger partial charge in [0.25, 0.3) is 5.91 Å². The fourth-order valence-corrected chi connectivity index (χ4v) is 2.90. The van der Waals surface area contributed by atoms with Crippen LogP contribution in [0.3, 0.4) is 0 Å². The van der Waals surface area contributed by atoms with Gasteiger partial charge in [-0.1, -0.05) is 18.2 Å². The van der Waals surface area contributed by atoms with Gasteiger partial charge in [-0.15, -0.1) is 0 Å². The highest BCUT2D eigenvalue weighted by Crippen LogP contribution is 2.26. The van der Waals surface area contributed by atoms with Gasteiger partial charge in [0.15, 0.2) is 6.61 Å². The molecular formula is C18H16N2O6S. The number of esters is 1. The second kappa shape index (κ2) is 7.60. The molecule has 0 saturated carbocycles. The third kappa shape index (κ3) is 4.72. The first-order valence-electron chi connectivity index (χ1n) is 7.85. The number of para-hydroxylation sites is 1. The summed E-state index contributed by atoms with van der Waals surface area (Å²) in [6.07, 6.45) is 1.66. The summed E-state index contributed by atoms with van der Waals surface area (Å²) in [7, 11) is -3.80. The molecule has 0 bridgehead atoms. The molecule has 0 aromatic heterocycles. The molecule has 0 aliphatic carbocycles. The summed E-state index contributed by atoms with van der Waals surface area (Å²) < 4.78 is 32.8. The Bertz CT molecular complexity index is 1010. The summed E-state index contributed by atoms with van der Waals surface area (Å²) in [6.45, 7) is -0.429. The molecule has 3 rings (SSSR count). The number of amides is 1. The Morgan fingerprint density at radius 2 is 1.81 bits per heavy atom. The smallest absolute Gasteiger partial charge is 0.338 e. The Balaban J connectivity index is 1.55. The van der Waals surface area contributed by atoms with E-state index >= 15 is 0 Å². The second-order valence-corrected chi connectivity index (χ2v) is 7.25. The number of hydrogen-bond donors (Lipinski definition) is 2. The largest absolute Gasteiger partial charge is 0.488 e. The van der Waals surface area contributed by atoms with Gasteiger partial charge in [0.05, 0.1) is 10.5 Å². The number of rotatable bonds is 5. The summed E-state index contributed by atoms with van der Waals surface area (Å²) in [4.78, 5) is 23.9. The summed E-state index contributed by atoms with van der Waals surface area (Å²) in [5.41, 5.74) is 1.41. The third-order valence-electron chi connectivity index (χ3n) is 3.70. The van der Waals surface area contributed by atoms with E-state index in [1.165, 1.54) is 24.3 Å². The zero-order chi connectivity index (χ0) is 19.4. The Labute approximate surface area is 155 Å². The summed E-state index contributed by atoms with van der Waals surface area (Å²) in [6, 6.07) is 12.5. The number of primary sulfonamides is 1. The molecule has 0 spiro atoms. The highest BCUT2D eigenvalue weighted by atomic mass is 32.2. The Kier molecular flexibility index (Phi) is 5.24. The molecule has 27 heavy (non-hydrogen) atoms. The molecule has 2 aromatic rings. The van der Waals surface area contributed by atoms with Crippen molar-refractivity contribution < 1.29 is 27.5 Å². The van der Waals surface area contributed by atoms with Crippen molar-refractivity contribution in [2.75, 3.05) is 18.5 Å². The Morgan fingerprint density at radius 1 is 1.11 bits per heavy atom. The van der Waals surface area contributed by atoms with Crippen LogP contribution in [0.25, 0.3) is 6.08 Å². The van der Waals surface area contributed by atoms with Gasteiger partial charge in [0.1, 0.15) is 12.4 Å². The first kappa shape index (κ1) is 18.6. The first-order valence-corrected chi connectivity index (χ1v) is 9.40. The zero-order valence-electron chi connectivity index (χ0n) is 14.0. The molecular weight excluding hydrogens is 372 g/mol. The molecule has 0 radical (unpaired) electrons. The predicted octanol–water partition coefficient (Wildman–Crippen LogP) is 1.29. The first-order chi connectivity index (χ1) is 12.8. The van der Waals surface area contributed by atoms with Crippen molar-refractivity contribution in [2.45, 2.75) is 4.90 Å². The molecule has 0 atom stereocenters. The van der Waals surface area contributed by atoms with Crippen LogP contribution in [0.4, 0.5) is 5.69 Å². The fourth-order valence-electron chi connectivity index (χ4n) is 2.38. The number of anilines is 1. The van der Waals surface area contributed by atoms with Crippen molar-refractivity contribution >= 4 is 33.7 Å². The minimum atomic E-state index is -3.80. The van der Waals surface area contributed by atoms with Gasteiger partial charge >= 0.3 is 5.97 Å². The van der Waals surface area contributed by atoms with Crippen LogP contribution in [0.5, 0.6) is 5.75 Å². The minimum absolute atomic E-state index is 0.0620. The van der Waals surface area contributed by atoms with Crippen LogP contribution in [-0.2, 0) is 24.3 Å². The van der Waals surface area contributed by atoms with Crippen molar-refractivity contribution in [1.82, 2.24) is 0 Å². The van der Waals surface area contributed by atoms with Gasteiger partial charge in [-0.2, -0.15) is 0 Å². The van der Waals surface area contributed by atoms with Gasteiger partial charge in [-0.3, -0.25) is 4.79 Å². The number of carbonyl (C=O) groups excluding carboxylic acids is 2. The maximum Gasteiger partial charge on any atom is 0.338 e. The van der Waals surface area contributed by atoms with Crippen LogP contribution in [0.1, 0.15) is 5.56 Å². The number of hydrogen-bond acceptors (Lipinski definition) is 6. The zero-order valence-corrected chi connectivity index (χ0v) is 14.9. The minimum Gasteiger partial charge on any atom is -0.488 e. The quantitative estimate of drug-likeness (QED) is 0.744. The molecule has 140 valence electrons. The maximum absolute atomic E-state index is 12.1. The predicted molar refractivity (Wildman–Crippen MR) is 97.3 cm³/mol. The number of fused-ring (bicyclic) bond motifs is 1. The van der Waals surface area contributed by atoms with Gasteiger partial charge in [-0.05, 0) is 36.4 Å². The topological polar surface area (TPSA) is 125 Å². The van der Waals surface area contributed by atoms with Crippen molar-refractivity contribution in [3.05, 3.63) is 59.7 Å². The summed E-state index contributed by atoms with van der Waals surface area (Å²) >= 11 is 0. The molecule has 0 saturated heterocycles. The molecule has 8 nitrogen and oxygen atoms in total. The standard InChI is InChI=1S/C18H16N2O6S/c19-27(23,24)15-7-5-14(6-8-15)20-17(21)11-26-18(22)13-9-12-3-1-2-4-16(12)25-10-13/h1-9H,10-11H2,(H,20,21)(H2,19,23,24). The molecule has 3 N–H and O–H groups in total. The van der Waals surface area contributed by atoms with Crippen LogP contribution in [0.15, 0.2) is 59.0 Å². The van der Waals surface area contributed by atoms with Crippen molar-refractivity contribution in [3.8, 4) is 5.75 Å². The van der Waals surface area contributed by atoms with E-state index in [0.717, 1.165) is 5.56 Å². The lowest BCUT2D eigenvalue weighted by molar-refractivity contribution is -0.143. The number of carbonyl (C=O) groups is 2. The normalized spacial score (nSPS) is 13.0. The summed E-state index contributed by atoms with van der Waals surface area (Å²) in [5, 5.41) is 7.49. The number of benzene rings is 2. The van der Waals surface area contributed by atoms with Crippen molar-refractivity contribution in [1.29, 1.82) is 0 Å². The molecule has 1 amide bonds. The number of ether oxygens (including phenoxy) is 2. The van der Waals surface area contributed by atoms with Crippen LogP contribution in [0, 0.1) is 0 Å². The van der Waals surface area contributed by atoms with Crippen LogP contribution >= 0.6 is 0 Å². The molecule has 0 unspecified atom stereocenters. The summed E-state index contributed by atoms with van der Waals surface area (Å²) in [5.74, 6) is -0.539. The molecule has 9 heteroatoms. The lowest BCUT2D eigenvalue weighted by Gasteiger charge is -2.16. The van der Waals surface area contributed by atoms with E-state index in [0.29, 0.717) is 17.0 Å². The average molecular weight is 388 g/mol. The highest BCUT2D eigenvalue weighted by molar-refractivity contribution is 7.89. The Morgan fingerprint density at radius 3 is 2.52 bits per heavy atom. The molecule has 0 fully saturated rings. The van der Waals surface area contributed by atoms with E-state index in [1.54, 1.807) is 18.2 Å². The maximum atomic E-state index is 12.1. The van der Waals surface area contributed by atoms with E-state index in [9.17, 15) is 18.0 Å². The monoisotopic (exact) mass is 388 g/mol. The SMILES string of the molecule is NS(=O)(=O)c1ccc(NC(=O)COC(=O)C2=Cc3ccccc3OC2)cc1. The van der Waals surface area contributed by atoms with E-state index in [2.05, 4.69) is 5.32 Å². The number of nitrogens with one attached hydrogen (secondary N) is 1. The Hall–Kier alpha value is -3.17. The van der Waals surface area contributed by atoms with Gasteiger partial charge in [0.2, 0.25) is 10.0 Å². The average Bonchev–Trinajstić information content (AvgIpc) is 2.65. The van der Waals surface area contributed by atoms with Crippen LogP contribution in [-0.4, -0.2) is 33.5 Å². The second-order valence-electron chi connectivity index (χ2n) is 5.69. The van der Waals surface area contributed by atoms with Gasteiger partial charge in [0, 0.05) is 11.3 Å². The van der Waals surface area contributed by atoms with Gasteiger partial charge in [-0.25, -0.2) is 18.4 Å².